The fourth-order valence-electron chi connectivity index (χ4n) is 3.77. The summed E-state index contributed by atoms with van der Waals surface area (Å²) in [6, 6.07) is 19.7. The van der Waals surface area contributed by atoms with Gasteiger partial charge in [-0.2, -0.15) is 4.31 Å². The molecular formula is C22H22N2O3S. The Kier molecular flexibility index (Phi) is 5.26. The Bertz CT molecular complexity index is 1040. The monoisotopic (exact) mass is 394 g/mol. The number of benzene rings is 2. The number of sulfonamides is 1. The average molecular weight is 394 g/mol. The van der Waals surface area contributed by atoms with Crippen LogP contribution >= 0.6 is 0 Å². The predicted molar refractivity (Wildman–Crippen MR) is 107 cm³/mol. The average Bonchev–Trinajstić information content (AvgIpc) is 2.73. The van der Waals surface area contributed by atoms with E-state index in [4.69, 9.17) is 0 Å². The summed E-state index contributed by atoms with van der Waals surface area (Å²) < 4.78 is 28.2. The third-order valence-electron chi connectivity index (χ3n) is 5.19. The molecular weight excluding hydrogens is 372 g/mol. The topological polar surface area (TPSA) is 70.5 Å². The van der Waals surface area contributed by atoms with Crippen molar-refractivity contribution in [3.8, 4) is 0 Å². The number of nitrogens with zero attached hydrogens (tertiary/aromatic N) is 2. The zero-order valence-corrected chi connectivity index (χ0v) is 16.2. The zero-order valence-electron chi connectivity index (χ0n) is 15.3. The molecule has 2 aromatic carbocycles. The summed E-state index contributed by atoms with van der Waals surface area (Å²) in [5, 5.41) is 11.1. The molecule has 1 aliphatic rings. The SMILES string of the molecule is O=S1(=O)c2ccccc2[C@@H](O)[C@H](Cc2cccnc2)N1CCc1ccccc1. The van der Waals surface area contributed by atoms with Crippen LogP contribution < -0.4 is 0 Å². The summed E-state index contributed by atoms with van der Waals surface area (Å²) in [6.45, 7) is 0.308. The van der Waals surface area contributed by atoms with E-state index in [1.165, 1.54) is 4.31 Å². The van der Waals surface area contributed by atoms with E-state index in [-0.39, 0.29) is 4.90 Å². The van der Waals surface area contributed by atoms with Crippen molar-refractivity contribution in [2.75, 3.05) is 6.54 Å². The first-order chi connectivity index (χ1) is 13.6. The first-order valence-electron chi connectivity index (χ1n) is 9.29. The Hall–Kier alpha value is -2.54. The van der Waals surface area contributed by atoms with Crippen molar-refractivity contribution in [3.05, 3.63) is 95.8 Å². The smallest absolute Gasteiger partial charge is 0.243 e. The second-order valence-corrected chi connectivity index (χ2v) is 8.83. The number of pyridine rings is 1. The number of fused-ring (bicyclic) bond motifs is 1. The van der Waals surface area contributed by atoms with Crippen LogP contribution in [-0.2, 0) is 22.9 Å². The molecule has 4 rings (SSSR count). The van der Waals surface area contributed by atoms with E-state index in [0.717, 1.165) is 11.1 Å². The second kappa shape index (κ2) is 7.83. The van der Waals surface area contributed by atoms with Crippen LogP contribution in [0.4, 0.5) is 0 Å². The second-order valence-electron chi connectivity index (χ2n) is 6.97. The van der Waals surface area contributed by atoms with Crippen molar-refractivity contribution in [3.63, 3.8) is 0 Å². The third kappa shape index (κ3) is 3.58. The highest BCUT2D eigenvalue weighted by Crippen LogP contribution is 2.38. The standard InChI is InChI=1S/C22H22N2O3S/c25-22-19-10-4-5-11-21(19)28(26,27)24(14-12-17-7-2-1-3-8-17)20(22)15-18-9-6-13-23-16-18/h1-11,13,16,20,22,25H,12,14-15H2/t20-,22+/m0/s1. The summed E-state index contributed by atoms with van der Waals surface area (Å²) in [7, 11) is -3.70. The highest BCUT2D eigenvalue weighted by molar-refractivity contribution is 7.89. The van der Waals surface area contributed by atoms with Crippen molar-refractivity contribution in [2.45, 2.75) is 29.9 Å². The molecule has 1 aliphatic heterocycles. The molecule has 1 aromatic heterocycles. The van der Waals surface area contributed by atoms with Gasteiger partial charge in [-0.05, 0) is 36.1 Å². The molecule has 0 unspecified atom stereocenters. The minimum absolute atomic E-state index is 0.193. The zero-order chi connectivity index (χ0) is 19.6. The molecule has 0 spiro atoms. The number of rotatable bonds is 5. The molecule has 0 radical (unpaired) electrons. The van der Waals surface area contributed by atoms with Crippen molar-refractivity contribution >= 4 is 10.0 Å². The normalized spacial score (nSPS) is 21.2. The van der Waals surface area contributed by atoms with Crippen LogP contribution in [-0.4, -0.2) is 35.4 Å². The minimum Gasteiger partial charge on any atom is -0.387 e. The Labute approximate surface area is 165 Å². The number of aliphatic hydroxyl groups excluding tert-OH is 1. The van der Waals surface area contributed by atoms with Gasteiger partial charge < -0.3 is 5.11 Å². The Balaban J connectivity index is 1.71. The number of hydrogen-bond acceptors (Lipinski definition) is 4. The van der Waals surface area contributed by atoms with Gasteiger partial charge >= 0.3 is 0 Å². The summed E-state index contributed by atoms with van der Waals surface area (Å²) in [4.78, 5) is 4.32. The van der Waals surface area contributed by atoms with Crippen molar-refractivity contribution in [1.29, 1.82) is 0 Å². The first kappa shape index (κ1) is 18.8. The van der Waals surface area contributed by atoms with Gasteiger partial charge in [0.1, 0.15) is 0 Å². The molecule has 3 aromatic rings. The van der Waals surface area contributed by atoms with E-state index >= 15 is 0 Å². The van der Waals surface area contributed by atoms with Gasteiger partial charge in [-0.3, -0.25) is 4.98 Å². The van der Waals surface area contributed by atoms with Crippen molar-refractivity contribution in [1.82, 2.24) is 9.29 Å². The van der Waals surface area contributed by atoms with Crippen molar-refractivity contribution < 1.29 is 13.5 Å². The summed E-state index contributed by atoms with van der Waals surface area (Å²) in [5.41, 5.74) is 2.42. The molecule has 5 nitrogen and oxygen atoms in total. The quantitative estimate of drug-likeness (QED) is 0.722. The molecule has 0 amide bonds. The number of aliphatic hydroxyl groups is 1. The summed E-state index contributed by atoms with van der Waals surface area (Å²) in [5.74, 6) is 0. The summed E-state index contributed by atoms with van der Waals surface area (Å²) in [6.07, 6.45) is 3.49. The minimum atomic E-state index is -3.70. The fourth-order valence-corrected chi connectivity index (χ4v) is 5.64. The van der Waals surface area contributed by atoms with Gasteiger partial charge in [0.05, 0.1) is 17.0 Å². The van der Waals surface area contributed by atoms with E-state index in [0.29, 0.717) is 24.9 Å². The molecule has 0 fully saturated rings. The molecule has 0 bridgehead atoms. The van der Waals surface area contributed by atoms with Crippen molar-refractivity contribution in [2.24, 2.45) is 0 Å². The van der Waals surface area contributed by atoms with Gasteiger partial charge in [0.2, 0.25) is 10.0 Å². The van der Waals surface area contributed by atoms with Gasteiger partial charge in [0, 0.05) is 24.5 Å². The Morgan fingerprint density at radius 3 is 2.39 bits per heavy atom. The van der Waals surface area contributed by atoms with Crippen LogP contribution in [0.25, 0.3) is 0 Å². The lowest BCUT2D eigenvalue weighted by molar-refractivity contribution is 0.0800. The van der Waals surface area contributed by atoms with E-state index in [2.05, 4.69) is 4.98 Å². The number of hydrogen-bond donors (Lipinski definition) is 1. The Morgan fingerprint density at radius 2 is 1.64 bits per heavy atom. The molecule has 28 heavy (non-hydrogen) atoms. The first-order valence-corrected chi connectivity index (χ1v) is 10.7. The third-order valence-corrected chi connectivity index (χ3v) is 7.19. The van der Waals surface area contributed by atoms with Gasteiger partial charge in [0.25, 0.3) is 0 Å². The largest absolute Gasteiger partial charge is 0.387 e. The lowest BCUT2D eigenvalue weighted by atomic mass is 9.96. The fraction of sp³-hybridized carbons (Fsp3) is 0.227. The maximum Gasteiger partial charge on any atom is 0.243 e. The van der Waals surface area contributed by atoms with Crippen LogP contribution in [0.15, 0.2) is 84.0 Å². The van der Waals surface area contributed by atoms with E-state index in [9.17, 15) is 13.5 Å². The van der Waals surface area contributed by atoms with Crippen LogP contribution in [0.5, 0.6) is 0 Å². The van der Waals surface area contributed by atoms with E-state index in [1.54, 1.807) is 36.7 Å². The highest BCUT2D eigenvalue weighted by atomic mass is 32.2. The van der Waals surface area contributed by atoms with Crippen LogP contribution in [0.1, 0.15) is 22.8 Å². The van der Waals surface area contributed by atoms with Crippen LogP contribution in [0.2, 0.25) is 0 Å². The molecule has 0 saturated carbocycles. The predicted octanol–water partition coefficient (Wildman–Crippen LogP) is 2.97. The number of aromatic nitrogens is 1. The van der Waals surface area contributed by atoms with E-state index < -0.39 is 22.2 Å². The van der Waals surface area contributed by atoms with E-state index in [1.807, 2.05) is 42.5 Å². The van der Waals surface area contributed by atoms with Crippen LogP contribution in [0.3, 0.4) is 0 Å². The van der Waals surface area contributed by atoms with Gasteiger partial charge in [0.15, 0.2) is 0 Å². The molecule has 1 N–H and O–H groups in total. The van der Waals surface area contributed by atoms with Crippen LogP contribution in [0, 0.1) is 0 Å². The maximum atomic E-state index is 13.4. The molecule has 2 heterocycles. The molecule has 144 valence electrons. The van der Waals surface area contributed by atoms with Gasteiger partial charge in [-0.25, -0.2) is 8.42 Å². The molecule has 0 aliphatic carbocycles. The van der Waals surface area contributed by atoms with Gasteiger partial charge in [-0.15, -0.1) is 0 Å². The lowest BCUT2D eigenvalue weighted by Crippen LogP contribution is -2.49. The maximum absolute atomic E-state index is 13.4. The lowest BCUT2D eigenvalue weighted by Gasteiger charge is -2.39. The molecule has 6 heteroatoms. The van der Waals surface area contributed by atoms with Gasteiger partial charge in [-0.1, -0.05) is 54.6 Å². The highest BCUT2D eigenvalue weighted by Gasteiger charge is 2.43. The summed E-state index contributed by atoms with van der Waals surface area (Å²) >= 11 is 0. The molecule has 0 saturated heterocycles. The Morgan fingerprint density at radius 1 is 0.929 bits per heavy atom. The molecule has 2 atom stereocenters.